The Kier molecular flexibility index (Phi) is 5.23. The van der Waals surface area contributed by atoms with Gasteiger partial charge in [-0.05, 0) is 36.8 Å². The van der Waals surface area contributed by atoms with E-state index in [2.05, 4.69) is 0 Å². The van der Waals surface area contributed by atoms with Crippen LogP contribution in [0.15, 0.2) is 42.5 Å². The van der Waals surface area contributed by atoms with Crippen LogP contribution in [0.3, 0.4) is 0 Å². The first-order chi connectivity index (χ1) is 10.1. The molecule has 3 N–H and O–H groups in total. The van der Waals surface area contributed by atoms with Crippen molar-refractivity contribution in [2.45, 2.75) is 18.9 Å². The van der Waals surface area contributed by atoms with Crippen LogP contribution < -0.4 is 10.5 Å². The van der Waals surface area contributed by atoms with Gasteiger partial charge in [0, 0.05) is 23.0 Å². The molecule has 0 aliphatic rings. The summed E-state index contributed by atoms with van der Waals surface area (Å²) in [6, 6.07) is 13.1. The van der Waals surface area contributed by atoms with Gasteiger partial charge in [0.15, 0.2) is 0 Å². The number of halogens is 1. The Morgan fingerprint density at radius 3 is 2.43 bits per heavy atom. The molecule has 3 nitrogen and oxygen atoms in total. The molecule has 0 aliphatic heterocycles. The Balaban J connectivity index is 2.38. The van der Waals surface area contributed by atoms with Crippen LogP contribution in [0.4, 0.5) is 0 Å². The predicted octanol–water partition coefficient (Wildman–Crippen LogP) is 3.43. The van der Waals surface area contributed by atoms with E-state index >= 15 is 0 Å². The SMILES string of the molecule is COc1ccc(C)cc1C(O)C(CN)c1ccc(Cl)cc1. The molecule has 2 unspecified atom stereocenters. The van der Waals surface area contributed by atoms with Crippen LogP contribution in [0.25, 0.3) is 0 Å². The first-order valence-corrected chi connectivity index (χ1v) is 7.22. The van der Waals surface area contributed by atoms with Gasteiger partial charge >= 0.3 is 0 Å². The molecule has 4 heteroatoms. The summed E-state index contributed by atoms with van der Waals surface area (Å²) in [7, 11) is 1.60. The molecule has 0 radical (unpaired) electrons. The summed E-state index contributed by atoms with van der Waals surface area (Å²) < 4.78 is 5.35. The average molecular weight is 306 g/mol. The summed E-state index contributed by atoms with van der Waals surface area (Å²) in [6.45, 7) is 2.31. The van der Waals surface area contributed by atoms with Gasteiger partial charge in [-0.1, -0.05) is 35.4 Å². The number of hydrogen-bond donors (Lipinski definition) is 2. The van der Waals surface area contributed by atoms with Gasteiger partial charge in [0.25, 0.3) is 0 Å². The van der Waals surface area contributed by atoms with Crippen molar-refractivity contribution < 1.29 is 9.84 Å². The molecule has 2 aromatic rings. The average Bonchev–Trinajstić information content (AvgIpc) is 2.49. The molecule has 0 heterocycles. The van der Waals surface area contributed by atoms with Crippen molar-refractivity contribution in [1.82, 2.24) is 0 Å². The van der Waals surface area contributed by atoms with Crippen LogP contribution in [-0.4, -0.2) is 18.8 Å². The van der Waals surface area contributed by atoms with Gasteiger partial charge in [0.2, 0.25) is 0 Å². The largest absolute Gasteiger partial charge is 0.496 e. The second-order valence-electron chi connectivity index (χ2n) is 5.08. The Bertz CT molecular complexity index is 598. The van der Waals surface area contributed by atoms with Crippen LogP contribution in [0.2, 0.25) is 5.02 Å². The van der Waals surface area contributed by atoms with Crippen LogP contribution in [0.1, 0.15) is 28.7 Å². The van der Waals surface area contributed by atoms with Gasteiger partial charge < -0.3 is 15.6 Å². The maximum Gasteiger partial charge on any atom is 0.124 e. The van der Waals surface area contributed by atoms with Crippen molar-refractivity contribution in [2.75, 3.05) is 13.7 Å². The zero-order valence-electron chi connectivity index (χ0n) is 12.2. The summed E-state index contributed by atoms with van der Waals surface area (Å²) in [4.78, 5) is 0. The molecule has 0 aromatic heterocycles. The highest BCUT2D eigenvalue weighted by molar-refractivity contribution is 6.30. The normalized spacial score (nSPS) is 13.8. The lowest BCUT2D eigenvalue weighted by Gasteiger charge is -2.24. The summed E-state index contributed by atoms with van der Waals surface area (Å²) in [6.07, 6.45) is -0.731. The molecular weight excluding hydrogens is 286 g/mol. The van der Waals surface area contributed by atoms with E-state index in [1.807, 2.05) is 37.3 Å². The van der Waals surface area contributed by atoms with E-state index < -0.39 is 6.10 Å². The smallest absolute Gasteiger partial charge is 0.124 e. The van der Waals surface area contributed by atoms with Gasteiger partial charge in [-0.3, -0.25) is 0 Å². The number of rotatable bonds is 5. The van der Waals surface area contributed by atoms with Gasteiger partial charge in [-0.25, -0.2) is 0 Å². The Labute approximate surface area is 130 Å². The number of methoxy groups -OCH3 is 1. The molecule has 0 amide bonds. The highest BCUT2D eigenvalue weighted by Crippen LogP contribution is 2.36. The third-order valence-electron chi connectivity index (χ3n) is 3.64. The molecule has 0 aliphatic carbocycles. The lowest BCUT2D eigenvalue weighted by atomic mass is 9.88. The Hall–Kier alpha value is -1.55. The lowest BCUT2D eigenvalue weighted by Crippen LogP contribution is -2.20. The molecule has 0 fully saturated rings. The van der Waals surface area contributed by atoms with Gasteiger partial charge in [0.1, 0.15) is 5.75 Å². The zero-order valence-corrected chi connectivity index (χ0v) is 13.0. The standard InChI is InChI=1S/C17H20ClNO2/c1-11-3-8-16(21-2)14(9-11)17(20)15(10-19)12-4-6-13(18)7-5-12/h3-9,15,17,20H,10,19H2,1-2H3. The van der Waals surface area contributed by atoms with Crippen LogP contribution in [-0.2, 0) is 0 Å². The van der Waals surface area contributed by atoms with E-state index in [0.29, 0.717) is 17.3 Å². The summed E-state index contributed by atoms with van der Waals surface area (Å²) >= 11 is 5.91. The molecule has 21 heavy (non-hydrogen) atoms. The van der Waals surface area contributed by atoms with E-state index in [1.54, 1.807) is 19.2 Å². The van der Waals surface area contributed by atoms with Crippen molar-refractivity contribution in [2.24, 2.45) is 5.73 Å². The molecule has 2 aromatic carbocycles. The number of aryl methyl sites for hydroxylation is 1. The molecular formula is C17H20ClNO2. The third kappa shape index (κ3) is 3.56. The molecule has 2 atom stereocenters. The van der Waals surface area contributed by atoms with Crippen molar-refractivity contribution >= 4 is 11.6 Å². The van der Waals surface area contributed by atoms with Crippen molar-refractivity contribution in [3.05, 3.63) is 64.2 Å². The van der Waals surface area contributed by atoms with Crippen LogP contribution in [0.5, 0.6) is 5.75 Å². The highest BCUT2D eigenvalue weighted by Gasteiger charge is 2.24. The second-order valence-corrected chi connectivity index (χ2v) is 5.52. The highest BCUT2D eigenvalue weighted by atomic mass is 35.5. The molecule has 0 saturated heterocycles. The molecule has 0 bridgehead atoms. The van der Waals surface area contributed by atoms with Crippen molar-refractivity contribution in [1.29, 1.82) is 0 Å². The summed E-state index contributed by atoms with van der Waals surface area (Å²) in [5, 5.41) is 11.4. The number of hydrogen-bond acceptors (Lipinski definition) is 3. The molecule has 2 rings (SSSR count). The van der Waals surface area contributed by atoms with Crippen LogP contribution >= 0.6 is 11.6 Å². The maximum atomic E-state index is 10.7. The summed E-state index contributed by atoms with van der Waals surface area (Å²) in [5.74, 6) is 0.457. The first-order valence-electron chi connectivity index (χ1n) is 6.85. The second kappa shape index (κ2) is 6.94. The number of aliphatic hydroxyl groups excluding tert-OH is 1. The maximum absolute atomic E-state index is 10.7. The van der Waals surface area contributed by atoms with Crippen molar-refractivity contribution in [3.8, 4) is 5.75 Å². The Morgan fingerprint density at radius 2 is 1.86 bits per heavy atom. The number of ether oxygens (including phenoxy) is 1. The third-order valence-corrected chi connectivity index (χ3v) is 3.89. The van der Waals surface area contributed by atoms with E-state index in [-0.39, 0.29) is 5.92 Å². The number of benzene rings is 2. The zero-order chi connectivity index (χ0) is 15.4. The quantitative estimate of drug-likeness (QED) is 0.890. The van der Waals surface area contributed by atoms with Gasteiger partial charge in [0.05, 0.1) is 13.2 Å². The Morgan fingerprint density at radius 1 is 1.19 bits per heavy atom. The van der Waals surface area contributed by atoms with E-state index in [0.717, 1.165) is 16.7 Å². The summed E-state index contributed by atoms with van der Waals surface area (Å²) in [5.41, 5.74) is 8.65. The molecule has 112 valence electrons. The molecule has 0 saturated carbocycles. The van der Waals surface area contributed by atoms with Gasteiger partial charge in [-0.2, -0.15) is 0 Å². The first kappa shape index (κ1) is 15.8. The van der Waals surface area contributed by atoms with Gasteiger partial charge in [-0.15, -0.1) is 0 Å². The van der Waals surface area contributed by atoms with E-state index in [9.17, 15) is 5.11 Å². The fraction of sp³-hybridized carbons (Fsp3) is 0.294. The fourth-order valence-electron chi connectivity index (χ4n) is 2.46. The number of aliphatic hydroxyl groups is 1. The monoisotopic (exact) mass is 305 g/mol. The lowest BCUT2D eigenvalue weighted by molar-refractivity contribution is 0.143. The van der Waals surface area contributed by atoms with E-state index in [4.69, 9.17) is 22.1 Å². The van der Waals surface area contributed by atoms with Crippen molar-refractivity contribution in [3.63, 3.8) is 0 Å². The molecule has 0 spiro atoms. The topological polar surface area (TPSA) is 55.5 Å². The minimum atomic E-state index is -0.731. The predicted molar refractivity (Wildman–Crippen MR) is 85.9 cm³/mol. The van der Waals surface area contributed by atoms with Crippen LogP contribution in [0, 0.1) is 6.92 Å². The fourth-order valence-corrected chi connectivity index (χ4v) is 2.58. The van der Waals surface area contributed by atoms with E-state index in [1.165, 1.54) is 0 Å². The minimum absolute atomic E-state index is 0.210. The minimum Gasteiger partial charge on any atom is -0.496 e. The number of nitrogens with two attached hydrogens (primary N) is 1.